The lowest BCUT2D eigenvalue weighted by molar-refractivity contribution is -0.132. The van der Waals surface area contributed by atoms with Crippen LogP contribution in [0.4, 0.5) is 0 Å². The number of nitrogens with zero attached hydrogens (tertiary/aromatic N) is 2. The molecular formula is C20H18N2O3. The zero-order valence-corrected chi connectivity index (χ0v) is 13.8. The van der Waals surface area contributed by atoms with Crippen LogP contribution in [0.1, 0.15) is 34.3 Å². The number of ketones is 1. The van der Waals surface area contributed by atoms with Gasteiger partial charge in [-0.2, -0.15) is 5.10 Å². The van der Waals surface area contributed by atoms with E-state index in [-0.39, 0.29) is 18.3 Å². The minimum absolute atomic E-state index is 0.0732. The molecule has 0 saturated carbocycles. The molecule has 2 aromatic rings. The minimum Gasteiger partial charge on any atom is -0.483 e. The lowest BCUT2D eigenvalue weighted by atomic mass is 10.1. The third-order valence-electron chi connectivity index (χ3n) is 4.58. The van der Waals surface area contributed by atoms with Gasteiger partial charge in [0.25, 0.3) is 5.91 Å². The van der Waals surface area contributed by atoms with Gasteiger partial charge in [0.15, 0.2) is 12.4 Å². The van der Waals surface area contributed by atoms with Crippen molar-refractivity contribution in [3.8, 4) is 5.75 Å². The summed E-state index contributed by atoms with van der Waals surface area (Å²) in [5.74, 6) is 0.597. The fourth-order valence-electron chi connectivity index (χ4n) is 3.28. The SMILES string of the molecule is O=C1CCc2c(OCC(=O)N3CCC(c4ccccc4)=N3)cccc21. The number of carbonyl (C=O) groups excluding carboxylic acids is 2. The second-order valence-corrected chi connectivity index (χ2v) is 6.17. The smallest absolute Gasteiger partial charge is 0.280 e. The van der Waals surface area contributed by atoms with Crippen LogP contribution in [0.2, 0.25) is 0 Å². The van der Waals surface area contributed by atoms with E-state index in [1.165, 1.54) is 5.01 Å². The van der Waals surface area contributed by atoms with Crippen LogP contribution in [-0.4, -0.2) is 35.6 Å². The van der Waals surface area contributed by atoms with Gasteiger partial charge in [0, 0.05) is 24.0 Å². The molecule has 2 aromatic carbocycles. The number of hydrogen-bond donors (Lipinski definition) is 0. The van der Waals surface area contributed by atoms with Gasteiger partial charge in [-0.3, -0.25) is 9.59 Å². The number of hydrazone groups is 1. The first-order chi connectivity index (χ1) is 12.2. The van der Waals surface area contributed by atoms with Crippen LogP contribution in [-0.2, 0) is 11.2 Å². The molecule has 0 radical (unpaired) electrons. The fraction of sp³-hybridized carbons (Fsp3) is 0.250. The number of rotatable bonds is 4. The van der Waals surface area contributed by atoms with E-state index >= 15 is 0 Å². The summed E-state index contributed by atoms with van der Waals surface area (Å²) >= 11 is 0. The molecule has 126 valence electrons. The summed E-state index contributed by atoms with van der Waals surface area (Å²) in [6.07, 6.45) is 1.93. The first kappa shape index (κ1) is 15.6. The van der Waals surface area contributed by atoms with Crippen LogP contribution in [0.3, 0.4) is 0 Å². The maximum Gasteiger partial charge on any atom is 0.280 e. The zero-order valence-electron chi connectivity index (χ0n) is 13.8. The average Bonchev–Trinajstić information content (AvgIpc) is 3.28. The summed E-state index contributed by atoms with van der Waals surface area (Å²) in [5.41, 5.74) is 3.59. The predicted molar refractivity (Wildman–Crippen MR) is 93.9 cm³/mol. The van der Waals surface area contributed by atoms with Gasteiger partial charge < -0.3 is 4.74 Å². The largest absolute Gasteiger partial charge is 0.483 e. The Morgan fingerprint density at radius 2 is 1.88 bits per heavy atom. The molecule has 0 fully saturated rings. The van der Waals surface area contributed by atoms with Crippen LogP contribution < -0.4 is 4.74 Å². The number of amides is 1. The Labute approximate surface area is 145 Å². The van der Waals surface area contributed by atoms with E-state index in [0.29, 0.717) is 25.1 Å². The van der Waals surface area contributed by atoms with Crippen LogP contribution in [0.15, 0.2) is 53.6 Å². The van der Waals surface area contributed by atoms with Gasteiger partial charge in [0.05, 0.1) is 12.3 Å². The van der Waals surface area contributed by atoms with Gasteiger partial charge in [0.2, 0.25) is 0 Å². The first-order valence-corrected chi connectivity index (χ1v) is 8.43. The summed E-state index contributed by atoms with van der Waals surface area (Å²) in [7, 11) is 0. The highest BCUT2D eigenvalue weighted by atomic mass is 16.5. The highest BCUT2D eigenvalue weighted by molar-refractivity contribution is 6.03. The molecule has 0 N–H and O–H groups in total. The Hall–Kier alpha value is -2.95. The van der Waals surface area contributed by atoms with Crippen molar-refractivity contribution in [2.24, 2.45) is 5.10 Å². The van der Waals surface area contributed by atoms with Gasteiger partial charge in [-0.15, -0.1) is 0 Å². The van der Waals surface area contributed by atoms with Crippen LogP contribution in [0.5, 0.6) is 5.75 Å². The number of hydrogen-bond acceptors (Lipinski definition) is 4. The molecular weight excluding hydrogens is 316 g/mol. The number of ether oxygens (including phenoxy) is 1. The van der Waals surface area contributed by atoms with Gasteiger partial charge >= 0.3 is 0 Å². The molecule has 1 aliphatic heterocycles. The van der Waals surface area contributed by atoms with Crippen LogP contribution in [0, 0.1) is 0 Å². The molecule has 5 nitrogen and oxygen atoms in total. The highest BCUT2D eigenvalue weighted by Gasteiger charge is 2.25. The standard InChI is InChI=1S/C20H18N2O3/c23-18-10-9-16-15(18)7-4-8-19(16)25-13-20(24)22-12-11-17(21-22)14-5-2-1-3-6-14/h1-8H,9-13H2. The topological polar surface area (TPSA) is 59.0 Å². The van der Waals surface area contributed by atoms with E-state index in [1.807, 2.05) is 42.5 Å². The molecule has 0 unspecified atom stereocenters. The normalized spacial score (nSPS) is 15.9. The van der Waals surface area contributed by atoms with Crippen molar-refractivity contribution in [3.63, 3.8) is 0 Å². The van der Waals surface area contributed by atoms with Gasteiger partial charge in [0.1, 0.15) is 5.75 Å². The number of Topliss-reactive ketones (excluding diaryl/α,β-unsaturated/α-hetero) is 1. The summed E-state index contributed by atoms with van der Waals surface area (Å²) < 4.78 is 5.70. The van der Waals surface area contributed by atoms with E-state index in [1.54, 1.807) is 6.07 Å². The highest BCUT2D eigenvalue weighted by Crippen LogP contribution is 2.30. The number of benzene rings is 2. The van der Waals surface area contributed by atoms with Crippen molar-refractivity contribution < 1.29 is 14.3 Å². The molecule has 5 heteroatoms. The Bertz CT molecular complexity index is 858. The third-order valence-corrected chi connectivity index (χ3v) is 4.58. The molecule has 0 aromatic heterocycles. The van der Waals surface area contributed by atoms with Gasteiger partial charge in [-0.1, -0.05) is 42.5 Å². The van der Waals surface area contributed by atoms with Gasteiger partial charge in [-0.25, -0.2) is 5.01 Å². The predicted octanol–water partition coefficient (Wildman–Crippen LogP) is 2.83. The minimum atomic E-state index is -0.173. The van der Waals surface area contributed by atoms with Crippen molar-refractivity contribution in [2.75, 3.05) is 13.2 Å². The second kappa shape index (κ2) is 6.51. The van der Waals surface area contributed by atoms with E-state index in [0.717, 1.165) is 28.8 Å². The Morgan fingerprint density at radius 3 is 2.72 bits per heavy atom. The molecule has 25 heavy (non-hydrogen) atoms. The Balaban J connectivity index is 1.42. The van der Waals surface area contributed by atoms with Crippen LogP contribution in [0.25, 0.3) is 0 Å². The summed E-state index contributed by atoms with van der Waals surface area (Å²) in [4.78, 5) is 24.2. The van der Waals surface area contributed by atoms with E-state index in [2.05, 4.69) is 5.10 Å². The lowest BCUT2D eigenvalue weighted by Gasteiger charge is -2.14. The molecule has 1 heterocycles. The maximum atomic E-state index is 12.4. The molecule has 1 aliphatic carbocycles. The maximum absolute atomic E-state index is 12.4. The molecule has 0 bridgehead atoms. The molecule has 4 rings (SSSR count). The van der Waals surface area contributed by atoms with Crippen LogP contribution >= 0.6 is 0 Å². The third kappa shape index (κ3) is 3.05. The van der Waals surface area contributed by atoms with Crippen molar-refractivity contribution in [2.45, 2.75) is 19.3 Å². The van der Waals surface area contributed by atoms with E-state index in [4.69, 9.17) is 4.74 Å². The zero-order chi connectivity index (χ0) is 17.2. The monoisotopic (exact) mass is 334 g/mol. The first-order valence-electron chi connectivity index (χ1n) is 8.43. The van der Waals surface area contributed by atoms with Crippen molar-refractivity contribution in [1.29, 1.82) is 0 Å². The average molecular weight is 334 g/mol. The lowest BCUT2D eigenvalue weighted by Crippen LogP contribution is -2.29. The van der Waals surface area contributed by atoms with Crippen molar-refractivity contribution in [3.05, 3.63) is 65.2 Å². The molecule has 0 spiro atoms. The second-order valence-electron chi connectivity index (χ2n) is 6.17. The summed E-state index contributed by atoms with van der Waals surface area (Å²) in [6.45, 7) is 0.494. The molecule has 0 saturated heterocycles. The van der Waals surface area contributed by atoms with Crippen molar-refractivity contribution >= 4 is 17.4 Å². The number of carbonyl (C=O) groups is 2. The molecule has 1 amide bonds. The Kier molecular flexibility index (Phi) is 4.06. The quantitative estimate of drug-likeness (QED) is 0.864. The summed E-state index contributed by atoms with van der Waals surface area (Å²) in [5, 5.41) is 5.89. The Morgan fingerprint density at radius 1 is 1.04 bits per heavy atom. The molecule has 2 aliphatic rings. The van der Waals surface area contributed by atoms with Gasteiger partial charge in [-0.05, 0) is 18.1 Å². The molecule has 0 atom stereocenters. The summed E-state index contributed by atoms with van der Waals surface area (Å²) in [6, 6.07) is 15.3. The van der Waals surface area contributed by atoms with E-state index in [9.17, 15) is 9.59 Å². The van der Waals surface area contributed by atoms with Crippen molar-refractivity contribution in [1.82, 2.24) is 5.01 Å². The fourth-order valence-corrected chi connectivity index (χ4v) is 3.28. The number of fused-ring (bicyclic) bond motifs is 1. The van der Waals surface area contributed by atoms with E-state index < -0.39 is 0 Å².